The Hall–Kier alpha value is -2.27. The summed E-state index contributed by atoms with van der Waals surface area (Å²) < 4.78 is 0.920. The molecule has 0 unspecified atom stereocenters. The van der Waals surface area contributed by atoms with Gasteiger partial charge in [-0.25, -0.2) is 0 Å². The van der Waals surface area contributed by atoms with Crippen LogP contribution in [0.3, 0.4) is 0 Å². The average Bonchev–Trinajstić information content (AvgIpc) is 2.81. The van der Waals surface area contributed by atoms with Gasteiger partial charge in [-0.05, 0) is 36.4 Å². The number of nitrogen functional groups attached to an aromatic ring is 2. The van der Waals surface area contributed by atoms with Crippen LogP contribution in [0.15, 0.2) is 47.1 Å². The lowest BCUT2D eigenvalue weighted by Crippen LogP contribution is -2.05. The standard InChI is InChI=1S/C15H12BrN3O/c16-8-1-4-14-11(5-8)12(7-19-14)15(20)10-3-2-9(17)6-13(10)18/h1-7,19H,17-18H2. The number of hydrogen-bond donors (Lipinski definition) is 3. The smallest absolute Gasteiger partial charge is 0.197 e. The summed E-state index contributed by atoms with van der Waals surface area (Å²) in [4.78, 5) is 15.7. The van der Waals surface area contributed by atoms with Gasteiger partial charge in [-0.3, -0.25) is 4.79 Å². The molecule has 0 saturated carbocycles. The van der Waals surface area contributed by atoms with E-state index in [1.165, 1.54) is 0 Å². The lowest BCUT2D eigenvalue weighted by molar-refractivity contribution is 0.104. The summed E-state index contributed by atoms with van der Waals surface area (Å²) in [5.41, 5.74) is 14.4. The van der Waals surface area contributed by atoms with E-state index >= 15 is 0 Å². The van der Waals surface area contributed by atoms with Crippen LogP contribution in [0.1, 0.15) is 15.9 Å². The third-order valence-corrected chi connectivity index (χ3v) is 3.70. The third-order valence-electron chi connectivity index (χ3n) is 3.21. The number of H-pyrrole nitrogens is 1. The van der Waals surface area contributed by atoms with Crippen LogP contribution in [0.5, 0.6) is 0 Å². The Morgan fingerprint density at radius 1 is 1.05 bits per heavy atom. The molecule has 0 atom stereocenters. The van der Waals surface area contributed by atoms with E-state index in [1.54, 1.807) is 24.4 Å². The van der Waals surface area contributed by atoms with Crippen molar-refractivity contribution >= 4 is 44.0 Å². The minimum Gasteiger partial charge on any atom is -0.399 e. The van der Waals surface area contributed by atoms with Crippen molar-refractivity contribution < 1.29 is 4.79 Å². The molecule has 20 heavy (non-hydrogen) atoms. The number of aromatic amines is 1. The minimum absolute atomic E-state index is 0.119. The third kappa shape index (κ3) is 2.06. The van der Waals surface area contributed by atoms with Crippen LogP contribution in [0, 0.1) is 0 Å². The SMILES string of the molecule is Nc1ccc(C(=O)c2c[nH]c3ccc(Br)cc23)c(N)c1. The van der Waals surface area contributed by atoms with Gasteiger partial charge >= 0.3 is 0 Å². The molecule has 0 bridgehead atoms. The first-order chi connectivity index (χ1) is 9.56. The summed E-state index contributed by atoms with van der Waals surface area (Å²) in [6, 6.07) is 10.7. The van der Waals surface area contributed by atoms with Crippen LogP contribution in [-0.2, 0) is 0 Å². The number of fused-ring (bicyclic) bond motifs is 1. The fourth-order valence-electron chi connectivity index (χ4n) is 2.21. The second-order valence-electron chi connectivity index (χ2n) is 4.57. The summed E-state index contributed by atoms with van der Waals surface area (Å²) in [7, 11) is 0. The lowest BCUT2D eigenvalue weighted by atomic mass is 10.0. The predicted molar refractivity (Wildman–Crippen MR) is 84.7 cm³/mol. The molecular formula is C15H12BrN3O. The Morgan fingerprint density at radius 3 is 2.60 bits per heavy atom. The summed E-state index contributed by atoms with van der Waals surface area (Å²) in [5.74, 6) is -0.119. The summed E-state index contributed by atoms with van der Waals surface area (Å²) in [6.45, 7) is 0. The summed E-state index contributed by atoms with van der Waals surface area (Å²) >= 11 is 3.41. The number of rotatable bonds is 2. The Bertz CT molecular complexity index is 823. The monoisotopic (exact) mass is 329 g/mol. The van der Waals surface area contributed by atoms with Gasteiger partial charge in [0.2, 0.25) is 0 Å². The molecule has 0 aliphatic rings. The van der Waals surface area contributed by atoms with Crippen molar-refractivity contribution in [2.45, 2.75) is 0 Å². The first-order valence-corrected chi connectivity index (χ1v) is 6.82. The van der Waals surface area contributed by atoms with Crippen molar-refractivity contribution in [1.29, 1.82) is 0 Å². The van der Waals surface area contributed by atoms with Crippen molar-refractivity contribution in [3.8, 4) is 0 Å². The minimum atomic E-state index is -0.119. The fraction of sp³-hybridized carbons (Fsp3) is 0. The zero-order chi connectivity index (χ0) is 14.3. The van der Waals surface area contributed by atoms with Gasteiger partial charge < -0.3 is 16.5 Å². The van der Waals surface area contributed by atoms with Crippen molar-refractivity contribution in [1.82, 2.24) is 4.98 Å². The molecule has 4 nitrogen and oxygen atoms in total. The van der Waals surface area contributed by atoms with Crippen LogP contribution in [0.4, 0.5) is 11.4 Å². The maximum atomic E-state index is 12.6. The molecule has 0 amide bonds. The van der Waals surface area contributed by atoms with Gasteiger partial charge in [-0.1, -0.05) is 15.9 Å². The maximum absolute atomic E-state index is 12.6. The van der Waals surface area contributed by atoms with Gasteiger partial charge in [0.05, 0.1) is 0 Å². The molecule has 0 saturated heterocycles. The number of aromatic nitrogens is 1. The molecule has 2 aromatic carbocycles. The Balaban J connectivity index is 2.15. The number of nitrogens with one attached hydrogen (secondary N) is 1. The molecule has 0 spiro atoms. The molecule has 1 aromatic heterocycles. The Labute approximate surface area is 123 Å². The molecule has 3 aromatic rings. The van der Waals surface area contributed by atoms with Gasteiger partial charge in [0.15, 0.2) is 5.78 Å². The highest BCUT2D eigenvalue weighted by Gasteiger charge is 2.16. The fourth-order valence-corrected chi connectivity index (χ4v) is 2.57. The summed E-state index contributed by atoms with van der Waals surface area (Å²) in [6.07, 6.45) is 1.70. The van der Waals surface area contributed by atoms with Gasteiger partial charge in [-0.2, -0.15) is 0 Å². The van der Waals surface area contributed by atoms with Crippen LogP contribution < -0.4 is 11.5 Å². The van der Waals surface area contributed by atoms with Crippen LogP contribution in [-0.4, -0.2) is 10.8 Å². The van der Waals surface area contributed by atoms with Crippen LogP contribution >= 0.6 is 15.9 Å². The highest BCUT2D eigenvalue weighted by atomic mass is 79.9. The molecule has 0 fully saturated rings. The second-order valence-corrected chi connectivity index (χ2v) is 5.48. The van der Waals surface area contributed by atoms with Crippen LogP contribution in [0.2, 0.25) is 0 Å². The quantitative estimate of drug-likeness (QED) is 0.498. The number of halogens is 1. The van der Waals surface area contributed by atoms with E-state index in [4.69, 9.17) is 11.5 Å². The molecule has 0 aliphatic heterocycles. The zero-order valence-corrected chi connectivity index (χ0v) is 12.1. The lowest BCUT2D eigenvalue weighted by Gasteiger charge is -2.05. The molecular weight excluding hydrogens is 318 g/mol. The number of carbonyl (C=O) groups is 1. The van der Waals surface area contributed by atoms with Crippen molar-refractivity contribution in [2.24, 2.45) is 0 Å². The molecule has 3 rings (SSSR count). The summed E-state index contributed by atoms with van der Waals surface area (Å²) in [5, 5.41) is 0.862. The van der Waals surface area contributed by atoms with Crippen molar-refractivity contribution in [2.75, 3.05) is 11.5 Å². The molecule has 1 heterocycles. The van der Waals surface area contributed by atoms with Gasteiger partial charge in [0, 0.05) is 44.1 Å². The van der Waals surface area contributed by atoms with E-state index in [9.17, 15) is 4.79 Å². The molecule has 5 heteroatoms. The number of hydrogen-bond acceptors (Lipinski definition) is 3. The van der Waals surface area contributed by atoms with Gasteiger partial charge in [0.25, 0.3) is 0 Å². The molecule has 0 radical (unpaired) electrons. The first-order valence-electron chi connectivity index (χ1n) is 6.02. The largest absolute Gasteiger partial charge is 0.399 e. The second kappa shape index (κ2) is 4.68. The zero-order valence-electron chi connectivity index (χ0n) is 10.5. The highest BCUT2D eigenvalue weighted by Crippen LogP contribution is 2.26. The number of nitrogens with two attached hydrogens (primary N) is 2. The topological polar surface area (TPSA) is 84.9 Å². The van der Waals surface area contributed by atoms with E-state index in [0.29, 0.717) is 22.5 Å². The molecule has 100 valence electrons. The first kappa shape index (κ1) is 12.7. The van der Waals surface area contributed by atoms with E-state index in [2.05, 4.69) is 20.9 Å². The molecule has 0 aliphatic carbocycles. The van der Waals surface area contributed by atoms with Crippen molar-refractivity contribution in [3.05, 3.63) is 58.2 Å². The number of benzene rings is 2. The Kier molecular flexibility index (Phi) is 2.99. The van der Waals surface area contributed by atoms with Crippen LogP contribution in [0.25, 0.3) is 10.9 Å². The number of anilines is 2. The predicted octanol–water partition coefficient (Wildman–Crippen LogP) is 3.33. The van der Waals surface area contributed by atoms with Gasteiger partial charge in [0.1, 0.15) is 0 Å². The van der Waals surface area contributed by atoms with E-state index in [0.717, 1.165) is 15.4 Å². The maximum Gasteiger partial charge on any atom is 0.197 e. The van der Waals surface area contributed by atoms with Gasteiger partial charge in [-0.15, -0.1) is 0 Å². The average molecular weight is 330 g/mol. The van der Waals surface area contributed by atoms with E-state index in [1.807, 2.05) is 18.2 Å². The Morgan fingerprint density at radius 2 is 1.85 bits per heavy atom. The number of carbonyl (C=O) groups excluding carboxylic acids is 1. The van der Waals surface area contributed by atoms with E-state index < -0.39 is 0 Å². The molecule has 5 N–H and O–H groups in total. The van der Waals surface area contributed by atoms with Crippen molar-refractivity contribution in [3.63, 3.8) is 0 Å². The highest BCUT2D eigenvalue weighted by molar-refractivity contribution is 9.10. The number of ketones is 1. The normalized spacial score (nSPS) is 10.8. The van der Waals surface area contributed by atoms with E-state index in [-0.39, 0.29) is 5.78 Å².